The summed E-state index contributed by atoms with van der Waals surface area (Å²) in [6.45, 7) is 3.28. The van der Waals surface area contributed by atoms with Crippen molar-refractivity contribution in [2.45, 2.75) is 44.6 Å². The first-order chi connectivity index (χ1) is 16.2. The SMILES string of the molecule is CCOc1c([C@@H]2[C@@H](C(=O)Nc3cc[n+]([O-])c(C(N)=O)c3)O[C@](C)(C(F)(F)F)[C@@H]2C)ccc(F)c1F. The highest BCUT2D eigenvalue weighted by molar-refractivity contribution is 5.97. The molecule has 0 radical (unpaired) electrons. The molecule has 13 heteroatoms. The van der Waals surface area contributed by atoms with Crippen LogP contribution < -0.4 is 20.5 Å². The summed E-state index contributed by atoms with van der Waals surface area (Å²) in [5.74, 6) is -8.36. The van der Waals surface area contributed by atoms with Crippen LogP contribution in [0.5, 0.6) is 5.75 Å². The number of amides is 2. The van der Waals surface area contributed by atoms with Crippen molar-refractivity contribution in [1.82, 2.24) is 0 Å². The fourth-order valence-corrected chi connectivity index (χ4v) is 4.08. The Hall–Kier alpha value is -3.48. The molecular formula is C22H22F5N3O5. The van der Waals surface area contributed by atoms with Crippen molar-refractivity contribution in [3.63, 3.8) is 0 Å². The number of benzene rings is 1. The topological polar surface area (TPSA) is 118 Å². The number of hydrogen-bond acceptors (Lipinski definition) is 5. The minimum Gasteiger partial charge on any atom is -0.618 e. The van der Waals surface area contributed by atoms with E-state index in [9.17, 15) is 36.7 Å². The van der Waals surface area contributed by atoms with Gasteiger partial charge in [-0.25, -0.2) is 4.39 Å². The second-order valence-corrected chi connectivity index (χ2v) is 8.15. The Morgan fingerprint density at radius 1 is 1.29 bits per heavy atom. The third-order valence-corrected chi connectivity index (χ3v) is 6.09. The van der Waals surface area contributed by atoms with E-state index in [1.165, 1.54) is 13.8 Å². The van der Waals surface area contributed by atoms with Gasteiger partial charge in [0.25, 0.3) is 11.6 Å². The van der Waals surface area contributed by atoms with E-state index in [2.05, 4.69) is 5.32 Å². The van der Waals surface area contributed by atoms with E-state index >= 15 is 0 Å². The van der Waals surface area contributed by atoms with Gasteiger partial charge < -0.3 is 25.7 Å². The van der Waals surface area contributed by atoms with Gasteiger partial charge in [0.05, 0.1) is 12.3 Å². The highest BCUT2D eigenvalue weighted by atomic mass is 19.4. The monoisotopic (exact) mass is 503 g/mol. The van der Waals surface area contributed by atoms with Crippen molar-refractivity contribution in [3.05, 3.63) is 58.6 Å². The Morgan fingerprint density at radius 2 is 1.94 bits per heavy atom. The normalized spacial score (nSPS) is 24.3. The van der Waals surface area contributed by atoms with Gasteiger partial charge in [0.15, 0.2) is 23.4 Å². The summed E-state index contributed by atoms with van der Waals surface area (Å²) in [4.78, 5) is 24.5. The summed E-state index contributed by atoms with van der Waals surface area (Å²) in [7, 11) is 0. The third-order valence-electron chi connectivity index (χ3n) is 6.09. The van der Waals surface area contributed by atoms with Crippen LogP contribution in [0.1, 0.15) is 42.7 Å². The Labute approximate surface area is 196 Å². The maximum absolute atomic E-state index is 14.5. The van der Waals surface area contributed by atoms with Gasteiger partial charge >= 0.3 is 12.1 Å². The van der Waals surface area contributed by atoms with Crippen LogP contribution in [-0.2, 0) is 9.53 Å². The van der Waals surface area contributed by atoms with E-state index < -0.39 is 64.6 Å². The number of nitrogens with zero attached hydrogens (tertiary/aromatic N) is 1. The molecule has 1 aliphatic heterocycles. The lowest BCUT2D eigenvalue weighted by atomic mass is 9.77. The smallest absolute Gasteiger partial charge is 0.417 e. The number of halogens is 5. The van der Waals surface area contributed by atoms with E-state index in [0.717, 1.165) is 37.4 Å². The molecule has 4 atom stereocenters. The molecular weight excluding hydrogens is 481 g/mol. The number of pyridine rings is 1. The minimum atomic E-state index is -4.93. The molecule has 2 aromatic rings. The number of hydrogen-bond donors (Lipinski definition) is 2. The van der Waals surface area contributed by atoms with Crippen molar-refractivity contribution in [1.29, 1.82) is 0 Å². The molecule has 0 saturated carbocycles. The fraction of sp³-hybridized carbons (Fsp3) is 0.409. The Bertz CT molecular complexity index is 1160. The number of carbonyl (C=O) groups is 2. The van der Waals surface area contributed by atoms with Crippen molar-refractivity contribution in [2.24, 2.45) is 11.7 Å². The third kappa shape index (κ3) is 4.59. The van der Waals surface area contributed by atoms with Gasteiger partial charge in [-0.3, -0.25) is 9.59 Å². The number of rotatable bonds is 6. The number of anilines is 1. The van der Waals surface area contributed by atoms with E-state index in [1.54, 1.807) is 0 Å². The number of primary amides is 1. The number of nitrogens with one attached hydrogen (secondary N) is 1. The van der Waals surface area contributed by atoms with Gasteiger partial charge in [-0.05, 0) is 19.9 Å². The number of aromatic nitrogens is 1. The van der Waals surface area contributed by atoms with E-state index in [1.807, 2.05) is 0 Å². The molecule has 1 aliphatic rings. The molecule has 2 heterocycles. The van der Waals surface area contributed by atoms with Gasteiger partial charge in [0.1, 0.15) is 6.10 Å². The molecule has 1 aromatic carbocycles. The first-order valence-electron chi connectivity index (χ1n) is 10.4. The lowest BCUT2D eigenvalue weighted by Gasteiger charge is -2.32. The Morgan fingerprint density at radius 3 is 2.51 bits per heavy atom. The van der Waals surface area contributed by atoms with E-state index in [0.29, 0.717) is 0 Å². The predicted octanol–water partition coefficient (Wildman–Crippen LogP) is 3.17. The molecule has 1 aromatic heterocycles. The van der Waals surface area contributed by atoms with Crippen molar-refractivity contribution >= 4 is 17.5 Å². The molecule has 0 bridgehead atoms. The van der Waals surface area contributed by atoms with Gasteiger partial charge in [-0.15, -0.1) is 0 Å². The number of nitrogens with two attached hydrogens (primary N) is 1. The zero-order valence-electron chi connectivity index (χ0n) is 18.8. The lowest BCUT2D eigenvalue weighted by Crippen LogP contribution is -2.47. The van der Waals surface area contributed by atoms with Crippen LogP contribution in [0.2, 0.25) is 0 Å². The molecule has 35 heavy (non-hydrogen) atoms. The Balaban J connectivity index is 2.09. The molecule has 3 rings (SSSR count). The molecule has 1 fully saturated rings. The van der Waals surface area contributed by atoms with Crippen LogP contribution in [0.3, 0.4) is 0 Å². The molecule has 0 unspecified atom stereocenters. The standard InChI is InChI=1S/C22H22F5N3O5/c1-4-34-17-12(5-6-13(23)16(17)24)15-10(2)21(3,22(25,26)27)35-18(15)20(32)29-11-7-8-30(33)14(9-11)19(28)31/h5-10,15,18H,4H2,1-3H3,(H2,28,31)(H,29,32)/t10-,15-,18+,21+/m1/s1. The molecule has 1 saturated heterocycles. The zero-order chi connectivity index (χ0) is 26.3. The second kappa shape index (κ2) is 9.29. The fourth-order valence-electron chi connectivity index (χ4n) is 4.08. The number of alkyl halides is 3. The van der Waals surface area contributed by atoms with E-state index in [-0.39, 0.29) is 22.6 Å². The molecule has 2 amide bonds. The second-order valence-electron chi connectivity index (χ2n) is 8.15. The summed E-state index contributed by atoms with van der Waals surface area (Å²) < 4.78 is 81.1. The van der Waals surface area contributed by atoms with Crippen LogP contribution in [0.25, 0.3) is 0 Å². The lowest BCUT2D eigenvalue weighted by molar-refractivity contribution is -0.607. The molecule has 0 aliphatic carbocycles. The van der Waals surface area contributed by atoms with Gasteiger partial charge in [0, 0.05) is 29.5 Å². The van der Waals surface area contributed by atoms with Crippen LogP contribution >= 0.6 is 0 Å². The summed E-state index contributed by atoms with van der Waals surface area (Å²) in [6, 6.07) is 3.80. The maximum atomic E-state index is 14.5. The highest BCUT2D eigenvalue weighted by Gasteiger charge is 2.66. The van der Waals surface area contributed by atoms with Crippen molar-refractivity contribution in [3.8, 4) is 5.75 Å². The average Bonchev–Trinajstić information content (AvgIpc) is 3.05. The van der Waals surface area contributed by atoms with Crippen molar-refractivity contribution in [2.75, 3.05) is 11.9 Å². The largest absolute Gasteiger partial charge is 0.618 e. The van der Waals surface area contributed by atoms with E-state index in [4.69, 9.17) is 15.2 Å². The first kappa shape index (κ1) is 26.1. The quantitative estimate of drug-likeness (QED) is 0.357. The zero-order valence-corrected chi connectivity index (χ0v) is 18.8. The highest BCUT2D eigenvalue weighted by Crippen LogP contribution is 2.55. The van der Waals surface area contributed by atoms with Crippen LogP contribution in [-0.4, -0.2) is 36.3 Å². The first-order valence-corrected chi connectivity index (χ1v) is 10.4. The number of ether oxygens (including phenoxy) is 2. The van der Waals surface area contributed by atoms with Crippen LogP contribution in [0.15, 0.2) is 30.5 Å². The van der Waals surface area contributed by atoms with Crippen LogP contribution in [0.4, 0.5) is 27.6 Å². The van der Waals surface area contributed by atoms with Gasteiger partial charge in [-0.2, -0.15) is 22.3 Å². The van der Waals surface area contributed by atoms with Gasteiger partial charge in [0.2, 0.25) is 5.82 Å². The maximum Gasteiger partial charge on any atom is 0.417 e. The molecule has 8 nitrogen and oxygen atoms in total. The summed E-state index contributed by atoms with van der Waals surface area (Å²) in [6.07, 6.45) is -5.89. The number of carbonyl (C=O) groups excluding carboxylic acids is 2. The molecule has 190 valence electrons. The Kier molecular flexibility index (Phi) is 6.93. The summed E-state index contributed by atoms with van der Waals surface area (Å²) in [5.41, 5.74) is 1.44. The van der Waals surface area contributed by atoms with Crippen LogP contribution in [0, 0.1) is 22.8 Å². The minimum absolute atomic E-state index is 0.123. The van der Waals surface area contributed by atoms with Crippen molar-refractivity contribution < 1.29 is 45.7 Å². The summed E-state index contributed by atoms with van der Waals surface area (Å²) in [5, 5.41) is 14.0. The average molecular weight is 503 g/mol. The van der Waals surface area contributed by atoms with Gasteiger partial charge in [-0.1, -0.05) is 13.0 Å². The molecule has 0 spiro atoms. The predicted molar refractivity (Wildman–Crippen MR) is 111 cm³/mol. The molecule has 3 N–H and O–H groups in total. The summed E-state index contributed by atoms with van der Waals surface area (Å²) >= 11 is 0.